The Morgan fingerprint density at radius 3 is 2.33 bits per heavy atom. The van der Waals surface area contributed by atoms with Crippen LogP contribution >= 0.6 is 0 Å². The zero-order valence-corrected chi connectivity index (χ0v) is 13.5. The maximum absolute atomic E-state index is 12.4. The Hall–Kier alpha value is -1.65. The van der Waals surface area contributed by atoms with Crippen LogP contribution in [0.5, 0.6) is 0 Å². The van der Waals surface area contributed by atoms with Gasteiger partial charge in [0.15, 0.2) is 0 Å². The molecule has 0 saturated carbocycles. The molecule has 0 aliphatic rings. The molecule has 1 rings (SSSR count). The molecule has 5 nitrogen and oxygen atoms in total. The molecule has 118 valence electrons. The summed E-state index contributed by atoms with van der Waals surface area (Å²) in [5, 5.41) is 9.15. The van der Waals surface area contributed by atoms with Crippen molar-refractivity contribution in [2.45, 2.75) is 72.3 Å². The van der Waals surface area contributed by atoms with Gasteiger partial charge in [0, 0.05) is 17.3 Å². The highest BCUT2D eigenvalue weighted by atomic mass is 16.4. The van der Waals surface area contributed by atoms with Gasteiger partial charge < -0.3 is 5.11 Å². The molecule has 0 saturated heterocycles. The molecule has 1 aromatic heterocycles. The molecule has 5 heteroatoms. The van der Waals surface area contributed by atoms with Gasteiger partial charge in [-0.05, 0) is 25.7 Å². The molecule has 1 N–H and O–H groups in total. The standard InChI is InChI=1S/C16H26N2O3/c1-5-9-11(6-2)18-14(8-4)12(10-15(19)20)13(7-3)17-16(18)21/h11H,5-10H2,1-4H3,(H,19,20). The number of carboxylic acid groups (broad SMARTS) is 1. The summed E-state index contributed by atoms with van der Waals surface area (Å²) in [7, 11) is 0. The average Bonchev–Trinajstić information content (AvgIpc) is 2.45. The van der Waals surface area contributed by atoms with Crippen molar-refractivity contribution in [3.8, 4) is 0 Å². The van der Waals surface area contributed by atoms with Crippen molar-refractivity contribution in [2.24, 2.45) is 0 Å². The minimum atomic E-state index is -0.880. The minimum Gasteiger partial charge on any atom is -0.481 e. The van der Waals surface area contributed by atoms with E-state index in [1.807, 2.05) is 13.8 Å². The van der Waals surface area contributed by atoms with Crippen LogP contribution in [0.15, 0.2) is 4.79 Å². The quantitative estimate of drug-likeness (QED) is 0.800. The van der Waals surface area contributed by atoms with Crippen LogP contribution in [0.3, 0.4) is 0 Å². The number of carboxylic acids is 1. The Morgan fingerprint density at radius 1 is 1.24 bits per heavy atom. The Bertz CT molecular complexity index is 549. The molecule has 1 unspecified atom stereocenters. The second-order valence-electron chi connectivity index (χ2n) is 5.26. The van der Waals surface area contributed by atoms with Gasteiger partial charge in [0.25, 0.3) is 0 Å². The van der Waals surface area contributed by atoms with Crippen molar-refractivity contribution in [1.82, 2.24) is 9.55 Å². The molecule has 0 amide bonds. The molecule has 0 spiro atoms. The molecule has 0 aliphatic carbocycles. The summed E-state index contributed by atoms with van der Waals surface area (Å²) in [6.07, 6.45) is 3.90. The maximum atomic E-state index is 12.4. The van der Waals surface area contributed by atoms with Crippen molar-refractivity contribution in [3.63, 3.8) is 0 Å². The van der Waals surface area contributed by atoms with Crippen LogP contribution in [-0.4, -0.2) is 20.6 Å². The summed E-state index contributed by atoms with van der Waals surface area (Å²) >= 11 is 0. The van der Waals surface area contributed by atoms with Crippen LogP contribution in [0.2, 0.25) is 0 Å². The van der Waals surface area contributed by atoms with E-state index in [1.165, 1.54) is 0 Å². The highest BCUT2D eigenvalue weighted by Crippen LogP contribution is 2.22. The fourth-order valence-electron chi connectivity index (χ4n) is 2.92. The molecule has 0 bridgehead atoms. The van der Waals surface area contributed by atoms with E-state index in [1.54, 1.807) is 4.57 Å². The van der Waals surface area contributed by atoms with Crippen molar-refractivity contribution < 1.29 is 9.90 Å². The minimum absolute atomic E-state index is 0.0673. The molecule has 1 atom stereocenters. The largest absolute Gasteiger partial charge is 0.481 e. The Labute approximate surface area is 126 Å². The lowest BCUT2D eigenvalue weighted by molar-refractivity contribution is -0.136. The number of aryl methyl sites for hydroxylation is 1. The summed E-state index contributed by atoms with van der Waals surface area (Å²) in [5.74, 6) is -0.880. The smallest absolute Gasteiger partial charge is 0.348 e. The highest BCUT2D eigenvalue weighted by molar-refractivity contribution is 5.71. The molecule has 0 aliphatic heterocycles. The van der Waals surface area contributed by atoms with E-state index in [0.29, 0.717) is 18.5 Å². The number of nitrogens with zero attached hydrogens (tertiary/aromatic N) is 2. The molecule has 0 radical (unpaired) electrons. The molecular formula is C16H26N2O3. The van der Waals surface area contributed by atoms with Gasteiger partial charge in [-0.15, -0.1) is 0 Å². The van der Waals surface area contributed by atoms with Gasteiger partial charge in [0.1, 0.15) is 0 Å². The first-order valence-corrected chi connectivity index (χ1v) is 7.84. The van der Waals surface area contributed by atoms with E-state index in [-0.39, 0.29) is 18.2 Å². The summed E-state index contributed by atoms with van der Waals surface area (Å²) in [4.78, 5) is 27.7. The Balaban J connectivity index is 3.55. The van der Waals surface area contributed by atoms with Crippen molar-refractivity contribution >= 4 is 5.97 Å². The van der Waals surface area contributed by atoms with E-state index in [0.717, 1.165) is 30.5 Å². The number of carbonyl (C=O) groups is 1. The topological polar surface area (TPSA) is 72.2 Å². The predicted molar refractivity (Wildman–Crippen MR) is 82.8 cm³/mol. The van der Waals surface area contributed by atoms with Gasteiger partial charge in [-0.25, -0.2) is 4.79 Å². The normalized spacial score (nSPS) is 12.4. The van der Waals surface area contributed by atoms with E-state index in [4.69, 9.17) is 5.11 Å². The zero-order chi connectivity index (χ0) is 16.0. The van der Waals surface area contributed by atoms with Gasteiger partial charge in [-0.2, -0.15) is 4.98 Å². The average molecular weight is 294 g/mol. The van der Waals surface area contributed by atoms with Crippen LogP contribution in [0.25, 0.3) is 0 Å². The van der Waals surface area contributed by atoms with Gasteiger partial charge >= 0.3 is 11.7 Å². The first-order valence-electron chi connectivity index (χ1n) is 7.84. The predicted octanol–water partition coefficient (Wildman–Crippen LogP) is 2.75. The fourth-order valence-corrected chi connectivity index (χ4v) is 2.92. The van der Waals surface area contributed by atoms with Gasteiger partial charge in [0.2, 0.25) is 0 Å². The second kappa shape index (κ2) is 7.96. The van der Waals surface area contributed by atoms with Crippen molar-refractivity contribution in [1.29, 1.82) is 0 Å². The first kappa shape index (κ1) is 17.4. The summed E-state index contributed by atoms with van der Waals surface area (Å²) in [5.41, 5.74) is 1.95. The summed E-state index contributed by atoms with van der Waals surface area (Å²) < 4.78 is 1.74. The lowest BCUT2D eigenvalue weighted by Gasteiger charge is -2.24. The molecule has 0 aromatic carbocycles. The Morgan fingerprint density at radius 2 is 1.90 bits per heavy atom. The van der Waals surface area contributed by atoms with E-state index >= 15 is 0 Å². The van der Waals surface area contributed by atoms with Crippen LogP contribution in [0, 0.1) is 0 Å². The number of hydrogen-bond acceptors (Lipinski definition) is 3. The maximum Gasteiger partial charge on any atom is 0.348 e. The number of aliphatic carboxylic acids is 1. The van der Waals surface area contributed by atoms with Gasteiger partial charge in [-0.3, -0.25) is 9.36 Å². The molecule has 0 fully saturated rings. The lowest BCUT2D eigenvalue weighted by atomic mass is 10.0. The van der Waals surface area contributed by atoms with E-state index in [2.05, 4.69) is 18.8 Å². The highest BCUT2D eigenvalue weighted by Gasteiger charge is 2.21. The van der Waals surface area contributed by atoms with Crippen LogP contribution < -0.4 is 5.69 Å². The molecule has 1 aromatic rings. The first-order chi connectivity index (χ1) is 9.99. The molecular weight excluding hydrogens is 268 g/mol. The van der Waals surface area contributed by atoms with E-state index < -0.39 is 5.97 Å². The fraction of sp³-hybridized carbons (Fsp3) is 0.688. The number of rotatable bonds is 8. The Kier molecular flexibility index (Phi) is 6.59. The van der Waals surface area contributed by atoms with Crippen LogP contribution in [0.4, 0.5) is 0 Å². The summed E-state index contributed by atoms with van der Waals surface area (Å²) in [6, 6.07) is 0.100. The van der Waals surface area contributed by atoms with Crippen LogP contribution in [-0.2, 0) is 24.1 Å². The van der Waals surface area contributed by atoms with Crippen molar-refractivity contribution in [3.05, 3.63) is 27.4 Å². The van der Waals surface area contributed by atoms with Crippen LogP contribution in [0.1, 0.15) is 70.0 Å². The molecule has 1 heterocycles. The monoisotopic (exact) mass is 294 g/mol. The van der Waals surface area contributed by atoms with E-state index in [9.17, 15) is 9.59 Å². The third kappa shape index (κ3) is 3.93. The van der Waals surface area contributed by atoms with Gasteiger partial charge in [-0.1, -0.05) is 34.1 Å². The third-order valence-corrected chi connectivity index (χ3v) is 3.88. The second-order valence-corrected chi connectivity index (χ2v) is 5.26. The van der Waals surface area contributed by atoms with Crippen molar-refractivity contribution in [2.75, 3.05) is 0 Å². The zero-order valence-electron chi connectivity index (χ0n) is 13.5. The SMILES string of the molecule is CCCC(CC)n1c(CC)c(CC(=O)O)c(CC)nc1=O. The van der Waals surface area contributed by atoms with Gasteiger partial charge in [0.05, 0.1) is 12.1 Å². The third-order valence-electron chi connectivity index (χ3n) is 3.88. The summed E-state index contributed by atoms with van der Waals surface area (Å²) in [6.45, 7) is 8.01. The molecule has 21 heavy (non-hydrogen) atoms. The number of hydrogen-bond donors (Lipinski definition) is 1. The number of aromatic nitrogens is 2. The lowest BCUT2D eigenvalue weighted by Crippen LogP contribution is -2.33.